The van der Waals surface area contributed by atoms with E-state index in [-0.39, 0.29) is 11.7 Å². The number of nitrogens with zero attached hydrogens (tertiary/aromatic N) is 2. The van der Waals surface area contributed by atoms with Gasteiger partial charge < -0.3 is 5.32 Å². The van der Waals surface area contributed by atoms with Crippen LogP contribution in [-0.2, 0) is 11.2 Å². The van der Waals surface area contributed by atoms with Crippen LogP contribution in [0.15, 0.2) is 35.8 Å². The molecule has 0 aliphatic heterocycles. The number of carbonyl (C=O) groups is 1. The summed E-state index contributed by atoms with van der Waals surface area (Å²) in [6.07, 6.45) is 8.89. The number of fused-ring (bicyclic) bond motifs is 1. The Kier molecular flexibility index (Phi) is 5.02. The number of hydrogen-bond acceptors (Lipinski definition) is 3. The minimum atomic E-state index is -0.272. The van der Waals surface area contributed by atoms with E-state index in [4.69, 9.17) is 0 Å². The Morgan fingerprint density at radius 3 is 2.88 bits per heavy atom. The predicted molar refractivity (Wildman–Crippen MR) is 102 cm³/mol. The summed E-state index contributed by atoms with van der Waals surface area (Å²) in [6, 6.07) is 7.01. The van der Waals surface area contributed by atoms with Gasteiger partial charge in [-0.15, -0.1) is 11.3 Å². The Labute approximate surface area is 156 Å². The summed E-state index contributed by atoms with van der Waals surface area (Å²) in [6.45, 7) is 0. The molecule has 1 amide bonds. The Morgan fingerprint density at radius 2 is 2.08 bits per heavy atom. The van der Waals surface area contributed by atoms with Crippen molar-refractivity contribution in [3.63, 3.8) is 0 Å². The van der Waals surface area contributed by atoms with Crippen LogP contribution < -0.4 is 5.32 Å². The van der Waals surface area contributed by atoms with Gasteiger partial charge in [0.1, 0.15) is 5.82 Å². The van der Waals surface area contributed by atoms with Crippen LogP contribution in [0, 0.1) is 5.82 Å². The topological polar surface area (TPSA) is 46.4 Å². The first kappa shape index (κ1) is 17.2. The molecule has 136 valence electrons. The number of rotatable bonds is 5. The molecule has 1 saturated carbocycles. The number of nitrogens with one attached hydrogen (secondary N) is 1. The molecule has 3 aromatic rings. The lowest BCUT2D eigenvalue weighted by Gasteiger charge is -2.22. The molecule has 0 bridgehead atoms. The molecule has 0 saturated heterocycles. The molecule has 0 spiro atoms. The first-order chi connectivity index (χ1) is 12.7. The maximum Gasteiger partial charge on any atom is 0.220 e. The van der Waals surface area contributed by atoms with Crippen molar-refractivity contribution in [1.82, 2.24) is 14.7 Å². The fourth-order valence-electron chi connectivity index (χ4n) is 3.60. The van der Waals surface area contributed by atoms with Gasteiger partial charge in [0, 0.05) is 35.3 Å². The molecule has 1 aliphatic rings. The van der Waals surface area contributed by atoms with Gasteiger partial charge in [-0.05, 0) is 31.4 Å². The van der Waals surface area contributed by atoms with Crippen LogP contribution in [0.25, 0.3) is 16.2 Å². The van der Waals surface area contributed by atoms with E-state index >= 15 is 0 Å². The number of thiazole rings is 1. The van der Waals surface area contributed by atoms with Crippen molar-refractivity contribution in [2.75, 3.05) is 0 Å². The zero-order chi connectivity index (χ0) is 17.9. The second-order valence-electron chi connectivity index (χ2n) is 6.89. The standard InChI is InChI=1S/C20H22FN3OS/c21-17-9-5-4-8-16(17)18-12-24-15(13-26-20(24)23-18)10-11-19(25)22-14-6-2-1-3-7-14/h4-5,8-9,12-14H,1-3,6-7,10-11H2,(H,22,25). The number of carbonyl (C=O) groups excluding carboxylic acids is 1. The number of halogens is 1. The maximum atomic E-state index is 14.0. The van der Waals surface area contributed by atoms with E-state index in [1.165, 1.54) is 36.7 Å². The third-order valence-corrected chi connectivity index (χ3v) is 5.90. The average Bonchev–Trinajstić information content (AvgIpc) is 3.22. The summed E-state index contributed by atoms with van der Waals surface area (Å²) >= 11 is 1.52. The molecule has 0 atom stereocenters. The quantitative estimate of drug-likeness (QED) is 0.713. The minimum Gasteiger partial charge on any atom is -0.353 e. The van der Waals surface area contributed by atoms with E-state index in [9.17, 15) is 9.18 Å². The minimum absolute atomic E-state index is 0.116. The van der Waals surface area contributed by atoms with Crippen molar-refractivity contribution in [2.45, 2.75) is 51.0 Å². The first-order valence-electron chi connectivity index (χ1n) is 9.20. The van der Waals surface area contributed by atoms with Gasteiger partial charge in [-0.2, -0.15) is 0 Å². The largest absolute Gasteiger partial charge is 0.353 e. The number of aromatic nitrogens is 2. The SMILES string of the molecule is O=C(CCc1csc2nc(-c3ccccc3F)cn12)NC1CCCCC1. The Bertz CT molecular complexity index is 911. The predicted octanol–water partition coefficient (Wildman–Crippen LogP) is 4.58. The van der Waals surface area contributed by atoms with Crippen LogP contribution in [0.5, 0.6) is 0 Å². The Hall–Kier alpha value is -2.21. The second-order valence-corrected chi connectivity index (χ2v) is 7.72. The van der Waals surface area contributed by atoms with Gasteiger partial charge in [0.15, 0.2) is 4.96 Å². The third-order valence-electron chi connectivity index (χ3n) is 5.01. The van der Waals surface area contributed by atoms with E-state index in [0.717, 1.165) is 23.5 Å². The van der Waals surface area contributed by atoms with Gasteiger partial charge in [-0.1, -0.05) is 31.4 Å². The number of imidazole rings is 1. The summed E-state index contributed by atoms with van der Waals surface area (Å²) in [4.78, 5) is 17.6. The van der Waals surface area contributed by atoms with Crippen LogP contribution >= 0.6 is 11.3 Å². The monoisotopic (exact) mass is 371 g/mol. The van der Waals surface area contributed by atoms with Crippen molar-refractivity contribution in [1.29, 1.82) is 0 Å². The van der Waals surface area contributed by atoms with Gasteiger partial charge in [-0.3, -0.25) is 9.20 Å². The molecule has 1 aliphatic carbocycles. The van der Waals surface area contributed by atoms with Crippen LogP contribution in [0.2, 0.25) is 0 Å². The Morgan fingerprint density at radius 1 is 1.27 bits per heavy atom. The molecule has 2 aromatic heterocycles. The van der Waals surface area contributed by atoms with Crippen molar-refractivity contribution in [3.8, 4) is 11.3 Å². The second kappa shape index (κ2) is 7.58. The van der Waals surface area contributed by atoms with Crippen molar-refractivity contribution in [2.24, 2.45) is 0 Å². The molecule has 26 heavy (non-hydrogen) atoms. The first-order valence-corrected chi connectivity index (χ1v) is 10.1. The molecule has 1 N–H and O–H groups in total. The molecule has 2 heterocycles. The summed E-state index contributed by atoms with van der Waals surface area (Å²) in [5.74, 6) is -0.155. The molecule has 1 aromatic carbocycles. The summed E-state index contributed by atoms with van der Waals surface area (Å²) in [5.41, 5.74) is 2.17. The van der Waals surface area contributed by atoms with E-state index in [1.807, 2.05) is 22.0 Å². The van der Waals surface area contributed by atoms with Crippen molar-refractivity contribution >= 4 is 22.2 Å². The fourth-order valence-corrected chi connectivity index (χ4v) is 4.50. The molecule has 0 radical (unpaired) electrons. The highest BCUT2D eigenvalue weighted by Crippen LogP contribution is 2.26. The van der Waals surface area contributed by atoms with Gasteiger partial charge >= 0.3 is 0 Å². The van der Waals surface area contributed by atoms with Crippen LogP contribution in [0.1, 0.15) is 44.2 Å². The lowest BCUT2D eigenvalue weighted by molar-refractivity contribution is -0.122. The smallest absolute Gasteiger partial charge is 0.220 e. The summed E-state index contributed by atoms with van der Waals surface area (Å²) in [5, 5.41) is 5.19. The number of aryl methyl sites for hydroxylation is 1. The highest BCUT2D eigenvalue weighted by molar-refractivity contribution is 7.15. The number of amides is 1. The number of benzene rings is 1. The zero-order valence-electron chi connectivity index (χ0n) is 14.6. The fraction of sp³-hybridized carbons (Fsp3) is 0.400. The maximum absolute atomic E-state index is 14.0. The van der Waals surface area contributed by atoms with Crippen LogP contribution in [0.3, 0.4) is 0 Å². The van der Waals surface area contributed by atoms with Crippen molar-refractivity contribution < 1.29 is 9.18 Å². The zero-order valence-corrected chi connectivity index (χ0v) is 15.4. The van der Waals surface area contributed by atoms with Gasteiger partial charge in [0.2, 0.25) is 5.91 Å². The van der Waals surface area contributed by atoms with Crippen LogP contribution in [0.4, 0.5) is 4.39 Å². The van der Waals surface area contributed by atoms with Gasteiger partial charge in [-0.25, -0.2) is 9.37 Å². The molecule has 1 fully saturated rings. The van der Waals surface area contributed by atoms with Crippen LogP contribution in [-0.4, -0.2) is 21.3 Å². The highest BCUT2D eigenvalue weighted by atomic mass is 32.1. The number of hydrogen-bond donors (Lipinski definition) is 1. The van der Waals surface area contributed by atoms with E-state index in [0.29, 0.717) is 30.1 Å². The Balaban J connectivity index is 1.44. The molecular formula is C20H22FN3OS. The third kappa shape index (κ3) is 3.65. The highest BCUT2D eigenvalue weighted by Gasteiger charge is 2.17. The van der Waals surface area contributed by atoms with E-state index in [1.54, 1.807) is 12.1 Å². The molecule has 0 unspecified atom stereocenters. The summed E-state index contributed by atoms with van der Waals surface area (Å²) < 4.78 is 16.0. The van der Waals surface area contributed by atoms with E-state index in [2.05, 4.69) is 10.3 Å². The molecule has 6 heteroatoms. The average molecular weight is 371 g/mol. The molecular weight excluding hydrogens is 349 g/mol. The molecule has 4 rings (SSSR count). The summed E-state index contributed by atoms with van der Waals surface area (Å²) in [7, 11) is 0. The molecule has 4 nitrogen and oxygen atoms in total. The van der Waals surface area contributed by atoms with Crippen molar-refractivity contribution in [3.05, 3.63) is 47.4 Å². The van der Waals surface area contributed by atoms with E-state index < -0.39 is 0 Å². The lowest BCUT2D eigenvalue weighted by atomic mass is 9.95. The lowest BCUT2D eigenvalue weighted by Crippen LogP contribution is -2.36. The normalized spacial score (nSPS) is 15.4. The van der Waals surface area contributed by atoms with Gasteiger partial charge in [0.05, 0.1) is 5.69 Å². The van der Waals surface area contributed by atoms with Gasteiger partial charge in [0.25, 0.3) is 0 Å².